The van der Waals surface area contributed by atoms with E-state index in [9.17, 15) is 23.3 Å². The molecule has 10 heteroatoms. The number of hydrogen-bond acceptors (Lipinski definition) is 6. The highest BCUT2D eigenvalue weighted by Gasteiger charge is 2.30. The first-order valence-electron chi connectivity index (χ1n) is 9.90. The van der Waals surface area contributed by atoms with Crippen molar-refractivity contribution < 1.29 is 13.2 Å². The van der Waals surface area contributed by atoms with Crippen LogP contribution in [0.25, 0.3) is 0 Å². The second-order valence-corrected chi connectivity index (χ2v) is 9.63. The molecule has 2 heterocycles. The molecule has 1 fully saturated rings. The predicted molar refractivity (Wildman–Crippen MR) is 114 cm³/mol. The largest absolute Gasteiger partial charge is 0.338 e. The number of aryl methyl sites for hydroxylation is 3. The van der Waals surface area contributed by atoms with Gasteiger partial charge in [0.1, 0.15) is 18.2 Å². The van der Waals surface area contributed by atoms with E-state index in [0.717, 1.165) is 15.8 Å². The number of nitrogens with zero attached hydrogens (tertiary/aromatic N) is 5. The van der Waals surface area contributed by atoms with E-state index < -0.39 is 15.6 Å². The summed E-state index contributed by atoms with van der Waals surface area (Å²) in [6.07, 6.45) is 0. The lowest BCUT2D eigenvalue weighted by Crippen LogP contribution is -2.51. The van der Waals surface area contributed by atoms with Gasteiger partial charge in [-0.1, -0.05) is 6.07 Å². The van der Waals surface area contributed by atoms with Gasteiger partial charge in [0.05, 0.1) is 10.6 Å². The molecule has 0 atom stereocenters. The number of rotatable bonds is 4. The Hall–Kier alpha value is -3.03. The van der Waals surface area contributed by atoms with E-state index in [2.05, 4.69) is 5.10 Å². The van der Waals surface area contributed by atoms with E-state index in [4.69, 9.17) is 0 Å². The first kappa shape index (κ1) is 22.7. The quantitative estimate of drug-likeness (QED) is 0.693. The molecule has 1 aliphatic heterocycles. The molecule has 0 radical (unpaired) electrons. The predicted octanol–water partition coefficient (Wildman–Crippen LogP) is 0.882. The molecule has 3 rings (SSSR count). The molecule has 164 valence electrons. The number of carbonyl (C=O) groups is 1. The fourth-order valence-electron chi connectivity index (χ4n) is 3.44. The van der Waals surface area contributed by atoms with Crippen LogP contribution in [-0.4, -0.2) is 59.5 Å². The van der Waals surface area contributed by atoms with E-state index in [-0.39, 0.29) is 49.1 Å². The SMILES string of the molecule is Cc1ccc(S(=O)(=O)N2CCN(C(=O)Cn3nc(C)c(C)c(C#N)c3=O)CC2)cc1C. The molecule has 0 aliphatic carbocycles. The lowest BCUT2D eigenvalue weighted by molar-refractivity contribution is -0.133. The van der Waals surface area contributed by atoms with Crippen molar-refractivity contribution in [1.82, 2.24) is 19.0 Å². The van der Waals surface area contributed by atoms with Gasteiger partial charge in [-0.3, -0.25) is 9.59 Å². The van der Waals surface area contributed by atoms with Crippen LogP contribution in [0.5, 0.6) is 0 Å². The smallest absolute Gasteiger partial charge is 0.285 e. The maximum atomic E-state index is 12.9. The molecule has 0 N–H and O–H groups in total. The van der Waals surface area contributed by atoms with E-state index >= 15 is 0 Å². The summed E-state index contributed by atoms with van der Waals surface area (Å²) >= 11 is 0. The number of amides is 1. The Morgan fingerprint density at radius 3 is 2.32 bits per heavy atom. The van der Waals surface area contributed by atoms with Gasteiger partial charge in [-0.05, 0) is 56.5 Å². The Bertz CT molecular complexity index is 1240. The van der Waals surface area contributed by atoms with E-state index in [0.29, 0.717) is 11.3 Å². The van der Waals surface area contributed by atoms with Crippen LogP contribution in [0.4, 0.5) is 0 Å². The highest BCUT2D eigenvalue weighted by atomic mass is 32.2. The van der Waals surface area contributed by atoms with Crippen LogP contribution in [-0.2, 0) is 21.4 Å². The van der Waals surface area contributed by atoms with Crippen LogP contribution >= 0.6 is 0 Å². The van der Waals surface area contributed by atoms with E-state index in [1.807, 2.05) is 19.9 Å². The summed E-state index contributed by atoms with van der Waals surface area (Å²) in [5.41, 5.74) is 2.30. The summed E-state index contributed by atoms with van der Waals surface area (Å²) < 4.78 is 28.3. The summed E-state index contributed by atoms with van der Waals surface area (Å²) in [6.45, 7) is 7.58. The molecule has 1 aromatic carbocycles. The molecule has 0 unspecified atom stereocenters. The molecule has 1 saturated heterocycles. The van der Waals surface area contributed by atoms with Gasteiger partial charge in [-0.2, -0.15) is 14.7 Å². The van der Waals surface area contributed by atoms with Gasteiger partial charge < -0.3 is 4.90 Å². The van der Waals surface area contributed by atoms with Crippen molar-refractivity contribution in [2.24, 2.45) is 0 Å². The van der Waals surface area contributed by atoms with Crippen LogP contribution in [0.15, 0.2) is 27.9 Å². The molecule has 0 spiro atoms. The van der Waals surface area contributed by atoms with Crippen molar-refractivity contribution in [3.63, 3.8) is 0 Å². The first-order valence-corrected chi connectivity index (χ1v) is 11.3. The molecule has 0 bridgehead atoms. The Morgan fingerprint density at radius 2 is 1.74 bits per heavy atom. The van der Waals surface area contributed by atoms with Crippen LogP contribution in [0.2, 0.25) is 0 Å². The third kappa shape index (κ3) is 4.38. The third-order valence-electron chi connectivity index (χ3n) is 5.74. The molecule has 0 saturated carbocycles. The summed E-state index contributed by atoms with van der Waals surface area (Å²) in [5, 5.41) is 13.3. The van der Waals surface area contributed by atoms with Crippen molar-refractivity contribution >= 4 is 15.9 Å². The fourth-order valence-corrected chi connectivity index (χ4v) is 4.95. The van der Waals surface area contributed by atoms with Crippen molar-refractivity contribution in [1.29, 1.82) is 5.26 Å². The molecule has 9 nitrogen and oxygen atoms in total. The van der Waals surface area contributed by atoms with Crippen molar-refractivity contribution in [2.75, 3.05) is 26.2 Å². The van der Waals surface area contributed by atoms with Crippen LogP contribution < -0.4 is 5.56 Å². The summed E-state index contributed by atoms with van der Waals surface area (Å²) in [7, 11) is -3.64. The molecule has 1 aromatic heterocycles. The lowest BCUT2D eigenvalue weighted by Gasteiger charge is -2.34. The zero-order valence-electron chi connectivity index (χ0n) is 18.0. The van der Waals surface area contributed by atoms with E-state index in [1.165, 1.54) is 9.21 Å². The molecular weight excluding hydrogens is 418 g/mol. The highest BCUT2D eigenvalue weighted by molar-refractivity contribution is 7.89. The number of sulfonamides is 1. The van der Waals surface area contributed by atoms with Gasteiger partial charge in [-0.25, -0.2) is 13.1 Å². The normalized spacial score (nSPS) is 15.0. The zero-order chi connectivity index (χ0) is 22.9. The van der Waals surface area contributed by atoms with Crippen LogP contribution in [0.3, 0.4) is 0 Å². The highest BCUT2D eigenvalue weighted by Crippen LogP contribution is 2.20. The maximum absolute atomic E-state index is 12.9. The van der Waals surface area contributed by atoms with Crippen LogP contribution in [0.1, 0.15) is 27.9 Å². The van der Waals surface area contributed by atoms with Gasteiger partial charge in [0.2, 0.25) is 15.9 Å². The minimum Gasteiger partial charge on any atom is -0.338 e. The second-order valence-electron chi connectivity index (χ2n) is 7.69. The molecule has 1 amide bonds. The van der Waals surface area contributed by atoms with Gasteiger partial charge in [0.15, 0.2) is 0 Å². The standard InChI is InChI=1S/C21H25N5O4S/c1-14-5-6-18(11-15(14)2)31(29,30)25-9-7-24(8-10-25)20(27)13-26-21(28)19(12-22)16(3)17(4)23-26/h5-6,11H,7-10,13H2,1-4H3. The van der Waals surface area contributed by atoms with Gasteiger partial charge >= 0.3 is 0 Å². The average molecular weight is 444 g/mol. The number of hydrogen-bond donors (Lipinski definition) is 0. The third-order valence-corrected chi connectivity index (χ3v) is 7.64. The number of nitriles is 1. The van der Waals surface area contributed by atoms with Crippen molar-refractivity contribution in [3.8, 4) is 6.07 Å². The fraction of sp³-hybridized carbons (Fsp3) is 0.429. The number of piperazine rings is 1. The monoisotopic (exact) mass is 443 g/mol. The van der Waals surface area contributed by atoms with Gasteiger partial charge in [0, 0.05) is 26.2 Å². The molecule has 2 aromatic rings. The first-order chi connectivity index (χ1) is 14.6. The zero-order valence-corrected chi connectivity index (χ0v) is 18.9. The Kier molecular flexibility index (Phi) is 6.29. The second kappa shape index (κ2) is 8.61. The number of benzene rings is 1. The average Bonchev–Trinajstić information content (AvgIpc) is 2.74. The summed E-state index contributed by atoms with van der Waals surface area (Å²) in [6, 6.07) is 6.91. The van der Waals surface area contributed by atoms with Crippen molar-refractivity contribution in [3.05, 3.63) is 56.5 Å². The Morgan fingerprint density at radius 1 is 1.10 bits per heavy atom. The van der Waals surface area contributed by atoms with Gasteiger partial charge in [-0.15, -0.1) is 0 Å². The molecule has 31 heavy (non-hydrogen) atoms. The molecule has 1 aliphatic rings. The lowest BCUT2D eigenvalue weighted by atomic mass is 10.1. The molecular formula is C21H25N5O4S. The maximum Gasteiger partial charge on any atom is 0.285 e. The summed E-state index contributed by atoms with van der Waals surface area (Å²) in [5.74, 6) is -0.343. The van der Waals surface area contributed by atoms with Crippen molar-refractivity contribution in [2.45, 2.75) is 39.1 Å². The van der Waals surface area contributed by atoms with Crippen LogP contribution in [0, 0.1) is 39.0 Å². The number of carbonyl (C=O) groups excluding carboxylic acids is 1. The topological polar surface area (TPSA) is 116 Å². The van der Waals surface area contributed by atoms with Gasteiger partial charge in [0.25, 0.3) is 5.56 Å². The Labute approximate surface area is 181 Å². The Balaban J connectivity index is 1.71. The summed E-state index contributed by atoms with van der Waals surface area (Å²) in [4.78, 5) is 26.9. The van der Waals surface area contributed by atoms with E-state index in [1.54, 1.807) is 32.0 Å². The number of aromatic nitrogens is 2. The minimum absolute atomic E-state index is 0.0235. The minimum atomic E-state index is -3.64.